The van der Waals surface area contributed by atoms with E-state index in [-0.39, 0.29) is 5.78 Å². The van der Waals surface area contributed by atoms with Crippen LogP contribution < -0.4 is 0 Å². The summed E-state index contributed by atoms with van der Waals surface area (Å²) in [5.41, 5.74) is 2.01. The van der Waals surface area contributed by atoms with Crippen LogP contribution in [0.4, 0.5) is 0 Å². The number of aromatic nitrogens is 2. The van der Waals surface area contributed by atoms with Crippen molar-refractivity contribution in [3.8, 4) is 0 Å². The van der Waals surface area contributed by atoms with Gasteiger partial charge in [-0.1, -0.05) is 34.1 Å². The van der Waals surface area contributed by atoms with Crippen LogP contribution in [-0.2, 0) is 24.2 Å². The predicted octanol–water partition coefficient (Wildman–Crippen LogP) is 3.02. The van der Waals surface area contributed by atoms with E-state index in [1.165, 1.54) is 0 Å². The van der Waals surface area contributed by atoms with Gasteiger partial charge in [-0.2, -0.15) is 5.10 Å². The SMILES string of the molecule is CCn1cc(CC(=O)Cc2ccccc2Br)cn1. The van der Waals surface area contributed by atoms with Gasteiger partial charge in [-0.05, 0) is 24.1 Å². The Morgan fingerprint density at radius 3 is 2.78 bits per heavy atom. The lowest BCUT2D eigenvalue weighted by Gasteiger charge is -2.02. The van der Waals surface area contributed by atoms with E-state index in [0.29, 0.717) is 12.8 Å². The second kappa shape index (κ2) is 5.96. The number of nitrogens with zero attached hydrogens (tertiary/aromatic N) is 2. The first kappa shape index (κ1) is 13.0. The van der Waals surface area contributed by atoms with Crippen LogP contribution in [0.1, 0.15) is 18.1 Å². The maximum atomic E-state index is 12.0. The van der Waals surface area contributed by atoms with Crippen LogP contribution in [0.15, 0.2) is 41.1 Å². The zero-order valence-electron chi connectivity index (χ0n) is 10.3. The molecule has 1 aromatic carbocycles. The summed E-state index contributed by atoms with van der Waals surface area (Å²) in [5, 5.41) is 4.17. The fourth-order valence-electron chi connectivity index (χ4n) is 1.81. The van der Waals surface area contributed by atoms with Gasteiger partial charge in [0.25, 0.3) is 0 Å². The van der Waals surface area contributed by atoms with E-state index in [1.807, 2.05) is 42.1 Å². The van der Waals surface area contributed by atoms with Gasteiger partial charge in [0, 0.05) is 30.1 Å². The van der Waals surface area contributed by atoms with E-state index < -0.39 is 0 Å². The lowest BCUT2D eigenvalue weighted by atomic mass is 10.1. The highest BCUT2D eigenvalue weighted by Gasteiger charge is 2.08. The summed E-state index contributed by atoms with van der Waals surface area (Å²) in [6.45, 7) is 2.86. The van der Waals surface area contributed by atoms with E-state index >= 15 is 0 Å². The Hall–Kier alpha value is -1.42. The van der Waals surface area contributed by atoms with Crippen LogP contribution in [-0.4, -0.2) is 15.6 Å². The molecule has 0 atom stereocenters. The molecule has 3 nitrogen and oxygen atoms in total. The molecule has 1 aromatic heterocycles. The fourth-order valence-corrected chi connectivity index (χ4v) is 2.24. The monoisotopic (exact) mass is 306 g/mol. The van der Waals surface area contributed by atoms with Crippen LogP contribution >= 0.6 is 15.9 Å². The summed E-state index contributed by atoms with van der Waals surface area (Å²) in [7, 11) is 0. The van der Waals surface area contributed by atoms with Gasteiger partial charge >= 0.3 is 0 Å². The first-order valence-electron chi connectivity index (χ1n) is 5.95. The number of carbonyl (C=O) groups excluding carboxylic acids is 1. The third-order valence-corrected chi connectivity index (χ3v) is 3.53. The minimum Gasteiger partial charge on any atom is -0.299 e. The van der Waals surface area contributed by atoms with E-state index in [4.69, 9.17) is 0 Å². The number of rotatable bonds is 5. The molecule has 0 aliphatic rings. The van der Waals surface area contributed by atoms with Crippen LogP contribution in [0.3, 0.4) is 0 Å². The number of halogens is 1. The van der Waals surface area contributed by atoms with Gasteiger partial charge < -0.3 is 0 Å². The summed E-state index contributed by atoms with van der Waals surface area (Å²) in [6, 6.07) is 7.82. The second-order valence-corrected chi connectivity index (χ2v) is 5.04. The summed E-state index contributed by atoms with van der Waals surface area (Å²) < 4.78 is 2.82. The van der Waals surface area contributed by atoms with Crippen molar-refractivity contribution in [2.75, 3.05) is 0 Å². The van der Waals surface area contributed by atoms with Crippen molar-refractivity contribution in [1.82, 2.24) is 9.78 Å². The molecule has 0 N–H and O–H groups in total. The molecule has 0 fully saturated rings. The van der Waals surface area contributed by atoms with Crippen LogP contribution in [0.25, 0.3) is 0 Å². The normalized spacial score (nSPS) is 10.6. The quantitative estimate of drug-likeness (QED) is 0.851. The van der Waals surface area contributed by atoms with Gasteiger partial charge in [-0.25, -0.2) is 0 Å². The van der Waals surface area contributed by atoms with Crippen LogP contribution in [0.2, 0.25) is 0 Å². The Bertz CT molecular complexity index is 548. The van der Waals surface area contributed by atoms with Gasteiger partial charge in [0.15, 0.2) is 0 Å². The molecule has 0 unspecified atom stereocenters. The van der Waals surface area contributed by atoms with Crippen molar-refractivity contribution < 1.29 is 4.79 Å². The van der Waals surface area contributed by atoms with Crippen molar-refractivity contribution in [3.05, 3.63) is 52.3 Å². The fraction of sp³-hybridized carbons (Fsp3) is 0.286. The van der Waals surface area contributed by atoms with Gasteiger partial charge in [0.2, 0.25) is 0 Å². The number of hydrogen-bond acceptors (Lipinski definition) is 2. The summed E-state index contributed by atoms with van der Waals surface area (Å²) >= 11 is 3.46. The van der Waals surface area contributed by atoms with E-state index in [1.54, 1.807) is 6.20 Å². The first-order valence-corrected chi connectivity index (χ1v) is 6.74. The van der Waals surface area contributed by atoms with E-state index in [0.717, 1.165) is 22.1 Å². The van der Waals surface area contributed by atoms with Crippen molar-refractivity contribution >= 4 is 21.7 Å². The summed E-state index contributed by atoms with van der Waals surface area (Å²) in [6.07, 6.45) is 4.60. The number of Topliss-reactive ketones (excluding diaryl/α,β-unsaturated/α-hetero) is 1. The third kappa shape index (κ3) is 3.29. The topological polar surface area (TPSA) is 34.9 Å². The van der Waals surface area contributed by atoms with Crippen LogP contribution in [0, 0.1) is 0 Å². The Labute approximate surface area is 115 Å². The van der Waals surface area contributed by atoms with Gasteiger partial charge in [0.1, 0.15) is 5.78 Å². The molecule has 2 aromatic rings. The number of ketones is 1. The smallest absolute Gasteiger partial charge is 0.141 e. The van der Waals surface area contributed by atoms with E-state index in [9.17, 15) is 4.79 Å². The molecule has 0 aliphatic heterocycles. The molecule has 94 valence electrons. The maximum Gasteiger partial charge on any atom is 0.141 e. The van der Waals surface area contributed by atoms with Gasteiger partial charge in [0.05, 0.1) is 6.20 Å². The molecular weight excluding hydrogens is 292 g/mol. The highest BCUT2D eigenvalue weighted by Crippen LogP contribution is 2.17. The molecule has 0 amide bonds. The lowest BCUT2D eigenvalue weighted by Crippen LogP contribution is -2.06. The molecule has 0 radical (unpaired) electrons. The van der Waals surface area contributed by atoms with Crippen molar-refractivity contribution in [3.63, 3.8) is 0 Å². The zero-order valence-corrected chi connectivity index (χ0v) is 11.9. The molecule has 0 saturated carbocycles. The molecule has 0 aliphatic carbocycles. The molecule has 2 rings (SSSR count). The minimum atomic E-state index is 0.206. The van der Waals surface area contributed by atoms with Crippen molar-refractivity contribution in [2.45, 2.75) is 26.3 Å². The first-order chi connectivity index (χ1) is 8.69. The second-order valence-electron chi connectivity index (χ2n) is 4.19. The number of carbonyl (C=O) groups is 1. The Kier molecular flexibility index (Phi) is 4.31. The van der Waals surface area contributed by atoms with Crippen molar-refractivity contribution in [1.29, 1.82) is 0 Å². The number of hydrogen-bond donors (Lipinski definition) is 0. The molecule has 4 heteroatoms. The minimum absolute atomic E-state index is 0.206. The van der Waals surface area contributed by atoms with Crippen molar-refractivity contribution in [2.24, 2.45) is 0 Å². The number of benzene rings is 1. The van der Waals surface area contributed by atoms with Gasteiger partial charge in [-0.15, -0.1) is 0 Å². The number of aryl methyl sites for hydroxylation is 1. The third-order valence-electron chi connectivity index (χ3n) is 2.76. The van der Waals surface area contributed by atoms with E-state index in [2.05, 4.69) is 21.0 Å². The largest absolute Gasteiger partial charge is 0.299 e. The Balaban J connectivity index is 1.99. The molecule has 0 saturated heterocycles. The summed E-state index contributed by atoms with van der Waals surface area (Å²) in [4.78, 5) is 12.0. The maximum absolute atomic E-state index is 12.0. The molecule has 18 heavy (non-hydrogen) atoms. The predicted molar refractivity (Wildman–Crippen MR) is 74.5 cm³/mol. The van der Waals surface area contributed by atoms with Crippen LogP contribution in [0.5, 0.6) is 0 Å². The zero-order chi connectivity index (χ0) is 13.0. The molecule has 0 spiro atoms. The average molecular weight is 307 g/mol. The average Bonchev–Trinajstić information content (AvgIpc) is 2.80. The highest BCUT2D eigenvalue weighted by molar-refractivity contribution is 9.10. The highest BCUT2D eigenvalue weighted by atomic mass is 79.9. The lowest BCUT2D eigenvalue weighted by molar-refractivity contribution is -0.117. The van der Waals surface area contributed by atoms with Gasteiger partial charge in [-0.3, -0.25) is 9.48 Å². The Morgan fingerprint density at radius 1 is 1.33 bits per heavy atom. The molecular formula is C14H15BrN2O. The Morgan fingerprint density at radius 2 is 2.11 bits per heavy atom. The molecule has 1 heterocycles. The summed E-state index contributed by atoms with van der Waals surface area (Å²) in [5.74, 6) is 0.206. The molecule has 0 bridgehead atoms. The standard InChI is InChI=1S/C14H15BrN2O/c1-2-17-10-11(9-16-17)7-13(18)8-12-5-3-4-6-14(12)15/h3-6,9-10H,2,7-8H2,1H3.